The molecule has 0 saturated heterocycles. The fourth-order valence-electron chi connectivity index (χ4n) is 1.28. The number of ether oxygens (including phenoxy) is 2. The number of rotatable bonds is 6. The third-order valence-corrected chi connectivity index (χ3v) is 2.30. The van der Waals surface area contributed by atoms with E-state index in [4.69, 9.17) is 9.47 Å². The molecule has 0 aliphatic rings. The average molecular weight is 259 g/mol. The highest BCUT2D eigenvalue weighted by Crippen LogP contribution is 2.19. The molecule has 0 aliphatic carbocycles. The van der Waals surface area contributed by atoms with Crippen LogP contribution in [0.3, 0.4) is 0 Å². The Labute approximate surface area is 104 Å². The molecule has 0 bridgehead atoms. The summed E-state index contributed by atoms with van der Waals surface area (Å²) < 4.78 is 36.1. The number of amides is 1. The van der Waals surface area contributed by atoms with Crippen molar-refractivity contribution in [1.29, 1.82) is 0 Å². The van der Waals surface area contributed by atoms with Gasteiger partial charge in [0.2, 0.25) is 0 Å². The monoisotopic (exact) mass is 259 g/mol. The minimum atomic E-state index is -0.663. The Bertz CT molecular complexity index is 412. The molecule has 1 aromatic rings. The molecule has 0 fully saturated rings. The summed E-state index contributed by atoms with van der Waals surface area (Å²) in [6.45, 7) is 0.419. The minimum absolute atomic E-state index is 0.115. The van der Waals surface area contributed by atoms with Gasteiger partial charge in [0.25, 0.3) is 5.91 Å². The number of benzene rings is 1. The van der Waals surface area contributed by atoms with Crippen molar-refractivity contribution in [2.45, 2.75) is 0 Å². The van der Waals surface area contributed by atoms with Gasteiger partial charge in [-0.2, -0.15) is 0 Å². The summed E-state index contributed by atoms with van der Waals surface area (Å²) in [6, 6.07) is 2.93. The smallest absolute Gasteiger partial charge is 0.252 e. The zero-order valence-electron chi connectivity index (χ0n) is 10.3. The SMILES string of the molecule is COCCOCC(=O)N(C)c1cc(F)ccc1F. The van der Waals surface area contributed by atoms with Gasteiger partial charge in [0.1, 0.15) is 18.2 Å². The van der Waals surface area contributed by atoms with Gasteiger partial charge in [-0.05, 0) is 12.1 Å². The zero-order valence-corrected chi connectivity index (χ0v) is 10.3. The number of anilines is 1. The zero-order chi connectivity index (χ0) is 13.5. The van der Waals surface area contributed by atoms with E-state index in [0.29, 0.717) is 6.61 Å². The van der Waals surface area contributed by atoms with E-state index < -0.39 is 17.5 Å². The number of nitrogens with zero attached hydrogens (tertiary/aromatic N) is 1. The third kappa shape index (κ3) is 4.05. The van der Waals surface area contributed by atoms with Gasteiger partial charge < -0.3 is 14.4 Å². The van der Waals surface area contributed by atoms with Crippen molar-refractivity contribution in [2.24, 2.45) is 0 Å². The Kier molecular flexibility index (Phi) is 5.67. The average Bonchev–Trinajstić information content (AvgIpc) is 2.36. The predicted molar refractivity (Wildman–Crippen MR) is 62.5 cm³/mol. The van der Waals surface area contributed by atoms with Gasteiger partial charge in [0.15, 0.2) is 0 Å². The number of carbonyl (C=O) groups is 1. The number of hydrogen-bond acceptors (Lipinski definition) is 3. The number of hydrogen-bond donors (Lipinski definition) is 0. The number of carbonyl (C=O) groups excluding carboxylic acids is 1. The maximum absolute atomic E-state index is 13.4. The van der Waals surface area contributed by atoms with E-state index >= 15 is 0 Å². The van der Waals surface area contributed by atoms with Crippen LogP contribution >= 0.6 is 0 Å². The summed E-state index contributed by atoms with van der Waals surface area (Å²) in [5.41, 5.74) is -0.115. The highest BCUT2D eigenvalue weighted by molar-refractivity contribution is 5.93. The number of methoxy groups -OCH3 is 1. The van der Waals surface area contributed by atoms with Gasteiger partial charge in [0, 0.05) is 20.2 Å². The first-order chi connectivity index (χ1) is 8.56. The Morgan fingerprint density at radius 1 is 1.33 bits per heavy atom. The molecule has 0 spiro atoms. The fraction of sp³-hybridized carbons (Fsp3) is 0.417. The summed E-state index contributed by atoms with van der Waals surface area (Å²) in [4.78, 5) is 12.7. The Morgan fingerprint density at radius 2 is 2.06 bits per heavy atom. The second-order valence-corrected chi connectivity index (χ2v) is 3.59. The van der Waals surface area contributed by atoms with Crippen molar-refractivity contribution >= 4 is 11.6 Å². The van der Waals surface area contributed by atoms with Crippen molar-refractivity contribution in [2.75, 3.05) is 38.9 Å². The lowest BCUT2D eigenvalue weighted by Gasteiger charge is -2.18. The normalized spacial score (nSPS) is 10.4. The number of halogens is 2. The van der Waals surface area contributed by atoms with Crippen LogP contribution in [0.1, 0.15) is 0 Å². The standard InChI is InChI=1S/C12H15F2NO3/c1-15(12(16)8-18-6-5-17-2)11-7-9(13)3-4-10(11)14/h3-4,7H,5-6,8H2,1-2H3. The van der Waals surface area contributed by atoms with E-state index in [9.17, 15) is 13.6 Å². The Balaban J connectivity index is 2.60. The fourth-order valence-corrected chi connectivity index (χ4v) is 1.28. The Hall–Kier alpha value is -1.53. The lowest BCUT2D eigenvalue weighted by Crippen LogP contribution is -2.31. The van der Waals surface area contributed by atoms with Crippen LogP contribution in [0.25, 0.3) is 0 Å². The van der Waals surface area contributed by atoms with Crippen LogP contribution in [-0.4, -0.2) is 39.9 Å². The van der Waals surface area contributed by atoms with Crippen molar-refractivity contribution in [3.05, 3.63) is 29.8 Å². The molecule has 100 valence electrons. The van der Waals surface area contributed by atoms with Gasteiger partial charge in [-0.15, -0.1) is 0 Å². The van der Waals surface area contributed by atoms with E-state index in [1.807, 2.05) is 0 Å². The van der Waals surface area contributed by atoms with Crippen LogP contribution < -0.4 is 4.90 Å². The molecule has 0 saturated carbocycles. The molecule has 1 aromatic carbocycles. The van der Waals surface area contributed by atoms with Crippen molar-refractivity contribution in [3.8, 4) is 0 Å². The van der Waals surface area contributed by atoms with E-state index in [1.165, 1.54) is 14.2 Å². The van der Waals surface area contributed by atoms with E-state index in [0.717, 1.165) is 23.1 Å². The summed E-state index contributed by atoms with van der Waals surface area (Å²) in [5, 5.41) is 0. The van der Waals surface area contributed by atoms with Crippen LogP contribution in [0.2, 0.25) is 0 Å². The second-order valence-electron chi connectivity index (χ2n) is 3.59. The second kappa shape index (κ2) is 7.03. The van der Waals surface area contributed by atoms with E-state index in [2.05, 4.69) is 0 Å². The molecule has 0 N–H and O–H groups in total. The molecule has 0 aliphatic heterocycles. The van der Waals surface area contributed by atoms with Crippen molar-refractivity contribution < 1.29 is 23.0 Å². The van der Waals surface area contributed by atoms with Crippen LogP contribution in [0.15, 0.2) is 18.2 Å². The molecule has 1 rings (SSSR count). The molecule has 0 radical (unpaired) electrons. The molecule has 1 amide bonds. The van der Waals surface area contributed by atoms with E-state index in [1.54, 1.807) is 0 Å². The lowest BCUT2D eigenvalue weighted by atomic mass is 10.2. The predicted octanol–water partition coefficient (Wildman–Crippen LogP) is 1.59. The molecule has 0 unspecified atom stereocenters. The third-order valence-electron chi connectivity index (χ3n) is 2.30. The lowest BCUT2D eigenvalue weighted by molar-refractivity contribution is -0.123. The van der Waals surface area contributed by atoms with Crippen LogP contribution in [0, 0.1) is 11.6 Å². The molecule has 0 aromatic heterocycles. The summed E-state index contributed by atoms with van der Waals surface area (Å²) in [5.74, 6) is -1.73. The quantitative estimate of drug-likeness (QED) is 0.728. The largest absolute Gasteiger partial charge is 0.382 e. The maximum Gasteiger partial charge on any atom is 0.252 e. The van der Waals surface area contributed by atoms with Crippen LogP contribution in [0.4, 0.5) is 14.5 Å². The topological polar surface area (TPSA) is 38.8 Å². The van der Waals surface area contributed by atoms with Gasteiger partial charge in [-0.1, -0.05) is 0 Å². The van der Waals surface area contributed by atoms with Crippen molar-refractivity contribution in [3.63, 3.8) is 0 Å². The molecule has 4 nitrogen and oxygen atoms in total. The first kappa shape index (κ1) is 14.5. The number of likely N-dealkylation sites (N-methyl/N-ethyl adjacent to an activating group) is 1. The molecule has 0 heterocycles. The summed E-state index contributed by atoms with van der Waals surface area (Å²) in [6.07, 6.45) is 0. The van der Waals surface area contributed by atoms with Crippen LogP contribution in [0.5, 0.6) is 0 Å². The van der Waals surface area contributed by atoms with Gasteiger partial charge in [-0.3, -0.25) is 4.79 Å². The highest BCUT2D eigenvalue weighted by atomic mass is 19.1. The maximum atomic E-state index is 13.4. The first-order valence-corrected chi connectivity index (χ1v) is 5.34. The molecule has 18 heavy (non-hydrogen) atoms. The minimum Gasteiger partial charge on any atom is -0.382 e. The van der Waals surface area contributed by atoms with E-state index in [-0.39, 0.29) is 18.9 Å². The molecule has 0 atom stereocenters. The van der Waals surface area contributed by atoms with Gasteiger partial charge in [0.05, 0.1) is 18.9 Å². The van der Waals surface area contributed by atoms with Gasteiger partial charge in [-0.25, -0.2) is 8.78 Å². The van der Waals surface area contributed by atoms with Crippen molar-refractivity contribution in [1.82, 2.24) is 0 Å². The highest BCUT2D eigenvalue weighted by Gasteiger charge is 2.15. The molecule has 6 heteroatoms. The Morgan fingerprint density at radius 3 is 2.72 bits per heavy atom. The summed E-state index contributed by atoms with van der Waals surface area (Å²) >= 11 is 0. The van der Waals surface area contributed by atoms with Gasteiger partial charge >= 0.3 is 0 Å². The first-order valence-electron chi connectivity index (χ1n) is 5.34. The molecular weight excluding hydrogens is 244 g/mol. The molecular formula is C12H15F2NO3. The summed E-state index contributed by atoms with van der Waals surface area (Å²) in [7, 11) is 2.87. The van der Waals surface area contributed by atoms with Crippen LogP contribution in [-0.2, 0) is 14.3 Å².